The molecule has 0 amide bonds. The first-order valence-corrected chi connectivity index (χ1v) is 5.24. The highest BCUT2D eigenvalue weighted by Gasteiger charge is 2.11. The molecular formula is C9H10N2O2S. The van der Waals surface area contributed by atoms with Crippen LogP contribution < -0.4 is 0 Å². The summed E-state index contributed by atoms with van der Waals surface area (Å²) in [4.78, 5) is 15.7. The first-order valence-electron chi connectivity index (χ1n) is 4.37. The Kier molecular flexibility index (Phi) is 2.25. The highest BCUT2D eigenvalue weighted by atomic mass is 32.1. The van der Waals surface area contributed by atoms with Gasteiger partial charge in [-0.25, -0.2) is 4.98 Å². The number of imidazole rings is 1. The number of hydrogen-bond acceptors (Lipinski definition) is 3. The molecular weight excluding hydrogens is 200 g/mol. The highest BCUT2D eigenvalue weighted by molar-refractivity contribution is 7.15. The number of aliphatic carboxylic acids is 1. The number of fused-ring (bicyclic) bond motifs is 1. The lowest BCUT2D eigenvalue weighted by atomic mass is 10.3. The van der Waals surface area contributed by atoms with Crippen molar-refractivity contribution in [1.82, 2.24) is 9.38 Å². The van der Waals surface area contributed by atoms with Gasteiger partial charge in [-0.15, -0.1) is 11.3 Å². The van der Waals surface area contributed by atoms with Gasteiger partial charge in [-0.2, -0.15) is 0 Å². The second kappa shape index (κ2) is 3.42. The summed E-state index contributed by atoms with van der Waals surface area (Å²) in [5.74, 6) is -0.805. The Hall–Kier alpha value is -1.36. The monoisotopic (exact) mass is 210 g/mol. The van der Waals surface area contributed by atoms with E-state index in [1.165, 1.54) is 11.3 Å². The van der Waals surface area contributed by atoms with E-state index in [4.69, 9.17) is 5.11 Å². The summed E-state index contributed by atoms with van der Waals surface area (Å²) in [5, 5.41) is 10.6. The predicted octanol–water partition coefficient (Wildman–Crippen LogP) is 1.59. The van der Waals surface area contributed by atoms with E-state index >= 15 is 0 Å². The van der Waals surface area contributed by atoms with Gasteiger partial charge < -0.3 is 5.11 Å². The molecule has 0 spiro atoms. The average molecular weight is 210 g/mol. The highest BCUT2D eigenvalue weighted by Crippen LogP contribution is 2.18. The van der Waals surface area contributed by atoms with Gasteiger partial charge in [0.2, 0.25) is 0 Å². The fraction of sp³-hybridized carbons (Fsp3) is 0.333. The van der Waals surface area contributed by atoms with Gasteiger partial charge in [0.05, 0.1) is 12.6 Å². The van der Waals surface area contributed by atoms with Crippen LogP contribution in [0.3, 0.4) is 0 Å². The Morgan fingerprint density at radius 1 is 1.64 bits per heavy atom. The molecule has 0 saturated carbocycles. The summed E-state index contributed by atoms with van der Waals surface area (Å²) in [6.45, 7) is 2.03. The third-order valence-corrected chi connectivity index (χ3v) is 2.97. The van der Waals surface area contributed by atoms with E-state index < -0.39 is 5.97 Å². The predicted molar refractivity (Wildman–Crippen MR) is 53.8 cm³/mol. The molecule has 0 aliphatic carbocycles. The van der Waals surface area contributed by atoms with Crippen molar-refractivity contribution in [3.8, 4) is 0 Å². The number of aryl methyl sites for hydroxylation is 1. The molecule has 74 valence electrons. The molecule has 0 fully saturated rings. The fourth-order valence-electron chi connectivity index (χ4n) is 1.46. The molecule has 0 aliphatic rings. The van der Waals surface area contributed by atoms with E-state index in [0.29, 0.717) is 0 Å². The number of carboxylic acid groups (broad SMARTS) is 1. The quantitative estimate of drug-likeness (QED) is 0.836. The van der Waals surface area contributed by atoms with Crippen LogP contribution in [0.15, 0.2) is 11.6 Å². The minimum absolute atomic E-state index is 0.0589. The van der Waals surface area contributed by atoms with Crippen LogP contribution >= 0.6 is 11.3 Å². The molecule has 0 saturated heterocycles. The molecule has 0 bridgehead atoms. The Balaban J connectivity index is 2.53. The molecule has 2 aromatic rings. The van der Waals surface area contributed by atoms with Crippen molar-refractivity contribution in [2.45, 2.75) is 19.8 Å². The van der Waals surface area contributed by atoms with Gasteiger partial charge in [0.25, 0.3) is 0 Å². The lowest BCUT2D eigenvalue weighted by Gasteiger charge is -1.98. The summed E-state index contributed by atoms with van der Waals surface area (Å²) in [7, 11) is 0. The normalized spacial score (nSPS) is 10.9. The standard InChI is InChI=1S/C9H10N2O2S/c1-2-6-4-10-9-11(6)7(5-14-9)3-8(12)13/h4-5H,2-3H2,1H3,(H,12,13). The minimum Gasteiger partial charge on any atom is -0.481 e. The van der Waals surface area contributed by atoms with E-state index in [-0.39, 0.29) is 6.42 Å². The summed E-state index contributed by atoms with van der Waals surface area (Å²) in [6.07, 6.45) is 2.73. The fourth-order valence-corrected chi connectivity index (χ4v) is 2.34. The third-order valence-electron chi connectivity index (χ3n) is 2.08. The largest absolute Gasteiger partial charge is 0.481 e. The Bertz CT molecular complexity index is 472. The summed E-state index contributed by atoms with van der Waals surface area (Å²) in [6, 6.07) is 0. The molecule has 4 nitrogen and oxygen atoms in total. The summed E-state index contributed by atoms with van der Waals surface area (Å²) >= 11 is 1.48. The lowest BCUT2D eigenvalue weighted by Crippen LogP contribution is -2.04. The van der Waals surface area contributed by atoms with E-state index in [2.05, 4.69) is 4.98 Å². The second-order valence-corrected chi connectivity index (χ2v) is 3.86. The summed E-state index contributed by atoms with van der Waals surface area (Å²) < 4.78 is 1.93. The third kappa shape index (κ3) is 1.39. The maximum atomic E-state index is 10.6. The smallest absolute Gasteiger partial charge is 0.309 e. The molecule has 2 heterocycles. The number of hydrogen-bond donors (Lipinski definition) is 1. The first kappa shape index (κ1) is 9.21. The Labute approximate surface area is 84.8 Å². The maximum absolute atomic E-state index is 10.6. The van der Waals surface area contributed by atoms with Crippen LogP contribution in [0.25, 0.3) is 4.96 Å². The first-order chi connectivity index (χ1) is 6.72. The minimum atomic E-state index is -0.805. The van der Waals surface area contributed by atoms with Crippen molar-refractivity contribution in [2.24, 2.45) is 0 Å². The zero-order chi connectivity index (χ0) is 10.1. The van der Waals surface area contributed by atoms with Gasteiger partial charge in [0, 0.05) is 16.8 Å². The Morgan fingerprint density at radius 3 is 3.07 bits per heavy atom. The molecule has 14 heavy (non-hydrogen) atoms. The molecule has 2 aromatic heterocycles. The van der Waals surface area contributed by atoms with Crippen molar-refractivity contribution >= 4 is 22.3 Å². The van der Waals surface area contributed by atoms with Gasteiger partial charge in [-0.3, -0.25) is 9.20 Å². The van der Waals surface area contributed by atoms with Crippen molar-refractivity contribution < 1.29 is 9.90 Å². The lowest BCUT2D eigenvalue weighted by molar-refractivity contribution is -0.136. The topological polar surface area (TPSA) is 54.6 Å². The molecule has 0 radical (unpaired) electrons. The van der Waals surface area contributed by atoms with Crippen molar-refractivity contribution in [2.75, 3.05) is 0 Å². The molecule has 0 atom stereocenters. The average Bonchev–Trinajstić information content (AvgIpc) is 2.67. The van der Waals surface area contributed by atoms with E-state index in [9.17, 15) is 4.79 Å². The van der Waals surface area contributed by atoms with Crippen molar-refractivity contribution in [3.63, 3.8) is 0 Å². The van der Waals surface area contributed by atoms with Crippen LogP contribution in [0.4, 0.5) is 0 Å². The van der Waals surface area contributed by atoms with E-state index in [1.54, 1.807) is 6.20 Å². The number of carboxylic acids is 1. The number of aromatic nitrogens is 2. The maximum Gasteiger partial charge on any atom is 0.309 e. The van der Waals surface area contributed by atoms with Crippen LogP contribution in [0, 0.1) is 0 Å². The molecule has 5 heteroatoms. The number of rotatable bonds is 3. The Morgan fingerprint density at radius 2 is 2.43 bits per heavy atom. The van der Waals surface area contributed by atoms with Gasteiger partial charge in [0.1, 0.15) is 0 Å². The second-order valence-electron chi connectivity index (χ2n) is 3.02. The van der Waals surface area contributed by atoms with Gasteiger partial charge in [0.15, 0.2) is 4.96 Å². The number of carbonyl (C=O) groups is 1. The zero-order valence-corrected chi connectivity index (χ0v) is 8.54. The molecule has 0 unspecified atom stereocenters. The van der Waals surface area contributed by atoms with E-state index in [0.717, 1.165) is 22.8 Å². The van der Waals surface area contributed by atoms with Crippen molar-refractivity contribution in [1.29, 1.82) is 0 Å². The molecule has 1 N–H and O–H groups in total. The zero-order valence-electron chi connectivity index (χ0n) is 7.73. The van der Waals surface area contributed by atoms with Gasteiger partial charge >= 0.3 is 5.97 Å². The van der Waals surface area contributed by atoms with Crippen molar-refractivity contribution in [3.05, 3.63) is 23.0 Å². The number of thiazole rings is 1. The molecule has 2 rings (SSSR count). The van der Waals surface area contributed by atoms with Crippen LogP contribution in [0.1, 0.15) is 18.3 Å². The van der Waals surface area contributed by atoms with Gasteiger partial charge in [-0.05, 0) is 6.42 Å². The van der Waals surface area contributed by atoms with Crippen LogP contribution in [-0.4, -0.2) is 20.5 Å². The molecule has 0 aliphatic heterocycles. The van der Waals surface area contributed by atoms with Crippen LogP contribution in [-0.2, 0) is 17.6 Å². The van der Waals surface area contributed by atoms with E-state index in [1.807, 2.05) is 16.7 Å². The van der Waals surface area contributed by atoms with Crippen LogP contribution in [0.2, 0.25) is 0 Å². The molecule has 0 aromatic carbocycles. The summed E-state index contributed by atoms with van der Waals surface area (Å²) in [5.41, 5.74) is 1.88. The van der Waals surface area contributed by atoms with Crippen LogP contribution in [0.5, 0.6) is 0 Å². The SMILES string of the molecule is CCc1cnc2scc(CC(=O)O)n12. The number of nitrogens with zero attached hydrogens (tertiary/aromatic N) is 2. The van der Waals surface area contributed by atoms with Gasteiger partial charge in [-0.1, -0.05) is 6.92 Å².